The van der Waals surface area contributed by atoms with Gasteiger partial charge < -0.3 is 19.8 Å². The Hall–Kier alpha value is -3.42. The Balaban J connectivity index is 2.16. The summed E-state index contributed by atoms with van der Waals surface area (Å²) in [6.07, 6.45) is 1.35. The minimum atomic E-state index is -0.680. The molecule has 1 aromatic heterocycles. The van der Waals surface area contributed by atoms with E-state index < -0.39 is 18.4 Å². The molecule has 2 N–H and O–H groups in total. The minimum absolute atomic E-state index is 0.158. The van der Waals surface area contributed by atoms with Crippen LogP contribution in [0, 0.1) is 6.92 Å². The fourth-order valence-corrected chi connectivity index (χ4v) is 2.24. The quantitative estimate of drug-likeness (QED) is 0.606. The number of hydrogen-bond donors (Lipinski definition) is 2. The summed E-state index contributed by atoms with van der Waals surface area (Å²) in [4.78, 5) is 46.9. The Morgan fingerprint density at radius 3 is 2.27 bits per heavy atom. The summed E-state index contributed by atoms with van der Waals surface area (Å²) in [6, 6.07) is 5.86. The number of carbonyl (C=O) groups is 4. The second-order valence-corrected chi connectivity index (χ2v) is 5.51. The number of nitrogens with one attached hydrogen (secondary N) is 2. The first-order chi connectivity index (χ1) is 12.3. The van der Waals surface area contributed by atoms with Crippen molar-refractivity contribution in [3.8, 4) is 0 Å². The number of benzene rings is 1. The third-order valence-electron chi connectivity index (χ3n) is 3.36. The lowest BCUT2D eigenvalue weighted by Gasteiger charge is -2.12. The molecule has 0 fully saturated rings. The summed E-state index contributed by atoms with van der Waals surface area (Å²) < 4.78 is 10.0. The van der Waals surface area contributed by atoms with E-state index in [0.29, 0.717) is 11.4 Å². The van der Waals surface area contributed by atoms with Gasteiger partial charge in [-0.2, -0.15) is 0 Å². The summed E-state index contributed by atoms with van der Waals surface area (Å²) in [5.74, 6) is -1.47. The van der Waals surface area contributed by atoms with E-state index in [1.165, 1.54) is 44.4 Å². The first-order valence-corrected chi connectivity index (χ1v) is 7.71. The number of amides is 2. The van der Waals surface area contributed by atoms with E-state index in [1.54, 1.807) is 6.92 Å². The second-order valence-electron chi connectivity index (χ2n) is 5.51. The van der Waals surface area contributed by atoms with Crippen LogP contribution in [-0.4, -0.2) is 30.2 Å². The molecule has 0 aliphatic carbocycles. The van der Waals surface area contributed by atoms with E-state index in [4.69, 9.17) is 9.15 Å². The van der Waals surface area contributed by atoms with Crippen molar-refractivity contribution in [1.82, 2.24) is 0 Å². The highest BCUT2D eigenvalue weighted by Gasteiger charge is 2.18. The lowest BCUT2D eigenvalue weighted by Crippen LogP contribution is -2.18. The normalized spacial score (nSPS) is 10.1. The van der Waals surface area contributed by atoms with Gasteiger partial charge in [0.05, 0.1) is 12.0 Å². The Morgan fingerprint density at radius 1 is 1.00 bits per heavy atom. The number of esters is 1. The van der Waals surface area contributed by atoms with Gasteiger partial charge in [-0.3, -0.25) is 14.4 Å². The topological polar surface area (TPSA) is 115 Å². The molecule has 0 bridgehead atoms. The lowest BCUT2D eigenvalue weighted by molar-refractivity contribution is -0.115. The number of Topliss-reactive ketones (excluding diaryl/α,β-unsaturated/α-hetero) is 1. The molecule has 2 amide bonds. The molecule has 0 aliphatic heterocycles. The molecule has 136 valence electrons. The summed E-state index contributed by atoms with van der Waals surface area (Å²) in [6.45, 7) is 3.74. The van der Waals surface area contributed by atoms with Crippen LogP contribution in [0.5, 0.6) is 0 Å². The zero-order valence-corrected chi connectivity index (χ0v) is 14.5. The standard InChI is InChI=1S/C18H18N2O6/c1-10-14(6-7-25-10)18(24)26-9-17(23)15-5-4-13(19-11(2)21)8-16(15)20-12(3)22/h4-8H,9H2,1-3H3,(H,19,21)(H,20,22). The van der Waals surface area contributed by atoms with E-state index in [1.807, 2.05) is 0 Å². The first kappa shape index (κ1) is 18.9. The van der Waals surface area contributed by atoms with Gasteiger partial charge >= 0.3 is 5.97 Å². The van der Waals surface area contributed by atoms with Crippen molar-refractivity contribution in [2.24, 2.45) is 0 Å². The van der Waals surface area contributed by atoms with Gasteiger partial charge in [-0.1, -0.05) is 0 Å². The van der Waals surface area contributed by atoms with E-state index in [9.17, 15) is 19.2 Å². The van der Waals surface area contributed by atoms with Crippen LogP contribution in [-0.2, 0) is 14.3 Å². The number of ether oxygens (including phenoxy) is 1. The van der Waals surface area contributed by atoms with Crippen LogP contribution in [0.25, 0.3) is 0 Å². The van der Waals surface area contributed by atoms with Crippen LogP contribution < -0.4 is 10.6 Å². The SMILES string of the molecule is CC(=O)Nc1ccc(C(=O)COC(=O)c2ccoc2C)c(NC(C)=O)c1. The Morgan fingerprint density at radius 2 is 1.69 bits per heavy atom. The summed E-state index contributed by atoms with van der Waals surface area (Å²) in [5, 5.41) is 5.09. The fourth-order valence-electron chi connectivity index (χ4n) is 2.24. The van der Waals surface area contributed by atoms with Gasteiger partial charge in [0.2, 0.25) is 17.6 Å². The van der Waals surface area contributed by atoms with Gasteiger partial charge in [0.25, 0.3) is 0 Å². The van der Waals surface area contributed by atoms with Crippen molar-refractivity contribution < 1.29 is 28.3 Å². The average molecular weight is 358 g/mol. The summed E-state index contributed by atoms with van der Waals surface area (Å²) in [7, 11) is 0. The molecule has 2 rings (SSSR count). The monoisotopic (exact) mass is 358 g/mol. The molecule has 2 aromatic rings. The van der Waals surface area contributed by atoms with E-state index in [2.05, 4.69) is 10.6 Å². The molecule has 0 unspecified atom stereocenters. The molecule has 0 spiro atoms. The highest BCUT2D eigenvalue weighted by Crippen LogP contribution is 2.22. The molecule has 8 nitrogen and oxygen atoms in total. The van der Waals surface area contributed by atoms with Crippen LogP contribution in [0.2, 0.25) is 0 Å². The number of ketones is 1. The maximum absolute atomic E-state index is 12.4. The van der Waals surface area contributed by atoms with Crippen molar-refractivity contribution in [3.05, 3.63) is 47.4 Å². The highest BCUT2D eigenvalue weighted by molar-refractivity contribution is 6.07. The molecular formula is C18H18N2O6. The van der Waals surface area contributed by atoms with Gasteiger partial charge in [0.1, 0.15) is 11.3 Å². The van der Waals surface area contributed by atoms with Crippen LogP contribution in [0.15, 0.2) is 34.9 Å². The lowest BCUT2D eigenvalue weighted by atomic mass is 10.1. The molecule has 1 aromatic carbocycles. The molecule has 8 heteroatoms. The van der Waals surface area contributed by atoms with Crippen LogP contribution >= 0.6 is 0 Å². The predicted octanol–water partition coefficient (Wildman–Crippen LogP) is 2.54. The summed E-state index contributed by atoms with van der Waals surface area (Å²) >= 11 is 0. The molecule has 1 heterocycles. The molecule has 26 heavy (non-hydrogen) atoms. The van der Waals surface area contributed by atoms with Crippen molar-refractivity contribution in [1.29, 1.82) is 0 Å². The van der Waals surface area contributed by atoms with E-state index in [-0.39, 0.29) is 28.6 Å². The zero-order chi connectivity index (χ0) is 19.3. The molecule has 0 atom stereocenters. The molecule has 0 radical (unpaired) electrons. The highest BCUT2D eigenvalue weighted by atomic mass is 16.5. The van der Waals surface area contributed by atoms with Crippen molar-refractivity contribution >= 4 is 34.9 Å². The van der Waals surface area contributed by atoms with E-state index in [0.717, 1.165) is 0 Å². The van der Waals surface area contributed by atoms with Crippen molar-refractivity contribution in [2.45, 2.75) is 20.8 Å². The van der Waals surface area contributed by atoms with Gasteiger partial charge in [0.15, 0.2) is 6.61 Å². The summed E-state index contributed by atoms with van der Waals surface area (Å²) in [5.41, 5.74) is 1.03. The van der Waals surface area contributed by atoms with Gasteiger partial charge in [0, 0.05) is 25.1 Å². The van der Waals surface area contributed by atoms with Crippen LogP contribution in [0.4, 0.5) is 11.4 Å². The van der Waals surface area contributed by atoms with Gasteiger partial charge in [-0.05, 0) is 31.2 Å². The predicted molar refractivity (Wildman–Crippen MR) is 93.1 cm³/mol. The number of anilines is 2. The number of hydrogen-bond acceptors (Lipinski definition) is 6. The van der Waals surface area contributed by atoms with Gasteiger partial charge in [-0.15, -0.1) is 0 Å². The zero-order valence-electron chi connectivity index (χ0n) is 14.5. The smallest absolute Gasteiger partial charge is 0.342 e. The first-order valence-electron chi connectivity index (χ1n) is 7.71. The molecule has 0 aliphatic rings. The Kier molecular flexibility index (Phi) is 5.90. The second kappa shape index (κ2) is 8.11. The maximum atomic E-state index is 12.4. The largest absolute Gasteiger partial charge is 0.469 e. The minimum Gasteiger partial charge on any atom is -0.469 e. The third-order valence-corrected chi connectivity index (χ3v) is 3.36. The average Bonchev–Trinajstić information content (AvgIpc) is 2.97. The molecule has 0 saturated heterocycles. The Bertz CT molecular complexity index is 868. The number of furan rings is 1. The molecule has 0 saturated carbocycles. The van der Waals surface area contributed by atoms with E-state index >= 15 is 0 Å². The Labute approximate surface area is 149 Å². The van der Waals surface area contributed by atoms with Crippen molar-refractivity contribution in [2.75, 3.05) is 17.2 Å². The third kappa shape index (κ3) is 4.79. The van der Waals surface area contributed by atoms with Crippen LogP contribution in [0.3, 0.4) is 0 Å². The fraction of sp³-hybridized carbons (Fsp3) is 0.222. The molecular weight excluding hydrogens is 340 g/mol. The maximum Gasteiger partial charge on any atom is 0.342 e. The number of aryl methyl sites for hydroxylation is 1. The number of carbonyl (C=O) groups excluding carboxylic acids is 4. The van der Waals surface area contributed by atoms with Gasteiger partial charge in [-0.25, -0.2) is 4.79 Å². The van der Waals surface area contributed by atoms with Crippen molar-refractivity contribution in [3.63, 3.8) is 0 Å². The number of rotatable bonds is 6. The van der Waals surface area contributed by atoms with Crippen LogP contribution in [0.1, 0.15) is 40.3 Å².